The number of halogens is 2. The molecule has 2 aromatic rings. The van der Waals surface area contributed by atoms with Crippen molar-refractivity contribution in [2.24, 2.45) is 0 Å². The minimum absolute atomic E-state index is 0.199. The molecule has 1 amide bonds. The lowest BCUT2D eigenvalue weighted by molar-refractivity contribution is 0.0629. The van der Waals surface area contributed by atoms with Crippen LogP contribution in [0.1, 0.15) is 32.2 Å². The number of benzene rings is 1. The van der Waals surface area contributed by atoms with Crippen LogP contribution < -0.4 is 5.32 Å². The summed E-state index contributed by atoms with van der Waals surface area (Å²) < 4.78 is 5.77. The Morgan fingerprint density at radius 3 is 2.53 bits per heavy atom. The molecule has 1 fully saturated rings. The molecule has 2 N–H and O–H groups in total. The Balaban J connectivity index is 1.96. The van der Waals surface area contributed by atoms with Crippen LogP contribution in [0, 0.1) is 0 Å². The number of aryl methyl sites for hydroxylation is 2. The molecule has 2 heterocycles. The van der Waals surface area contributed by atoms with Crippen LogP contribution in [-0.4, -0.2) is 57.9 Å². The minimum atomic E-state index is -0.951. The molecule has 0 radical (unpaired) electrons. The van der Waals surface area contributed by atoms with E-state index in [0.717, 1.165) is 22.6 Å². The molecule has 0 saturated carbocycles. The predicted octanol–water partition coefficient (Wildman–Crippen LogP) is 4.75. The van der Waals surface area contributed by atoms with E-state index in [1.54, 1.807) is 12.1 Å². The summed E-state index contributed by atoms with van der Waals surface area (Å²) in [5, 5.41) is 13.9. The highest BCUT2D eigenvalue weighted by molar-refractivity contribution is 6.36. The van der Waals surface area contributed by atoms with E-state index in [0.29, 0.717) is 48.4 Å². The van der Waals surface area contributed by atoms with Crippen LogP contribution in [0.3, 0.4) is 0 Å². The van der Waals surface area contributed by atoms with Crippen molar-refractivity contribution in [3.05, 3.63) is 39.6 Å². The van der Waals surface area contributed by atoms with Crippen molar-refractivity contribution < 1.29 is 14.6 Å². The Labute approximate surface area is 186 Å². The summed E-state index contributed by atoms with van der Waals surface area (Å²) in [6, 6.07) is 5.14. The Bertz CT molecular complexity index is 925. The van der Waals surface area contributed by atoms with E-state index in [9.17, 15) is 9.90 Å². The van der Waals surface area contributed by atoms with E-state index in [1.807, 2.05) is 26.8 Å². The van der Waals surface area contributed by atoms with Gasteiger partial charge in [-0.1, -0.05) is 37.0 Å². The second kappa shape index (κ2) is 9.81. The number of carboxylic acid groups (broad SMARTS) is 1. The van der Waals surface area contributed by atoms with Gasteiger partial charge in [-0.2, -0.15) is 0 Å². The summed E-state index contributed by atoms with van der Waals surface area (Å²) in [5.41, 5.74) is 3.12. The summed E-state index contributed by atoms with van der Waals surface area (Å²) in [7, 11) is 0. The van der Waals surface area contributed by atoms with Gasteiger partial charge in [0.25, 0.3) is 0 Å². The van der Waals surface area contributed by atoms with Gasteiger partial charge in [-0.05, 0) is 38.0 Å². The number of nitrogens with zero attached hydrogens (tertiary/aromatic N) is 3. The summed E-state index contributed by atoms with van der Waals surface area (Å²) in [6.45, 7) is 7.09. The lowest BCUT2D eigenvalue weighted by atomic mass is 10.1. The van der Waals surface area contributed by atoms with Crippen molar-refractivity contribution in [2.75, 3.05) is 25.0 Å². The van der Waals surface area contributed by atoms with E-state index < -0.39 is 6.09 Å². The molecule has 0 aliphatic carbocycles. The first-order valence-corrected chi connectivity index (χ1v) is 10.8. The number of amides is 1. The van der Waals surface area contributed by atoms with Gasteiger partial charge in [0, 0.05) is 23.7 Å². The van der Waals surface area contributed by atoms with E-state index in [1.165, 1.54) is 4.90 Å². The van der Waals surface area contributed by atoms with Crippen LogP contribution in [-0.2, 0) is 17.6 Å². The summed E-state index contributed by atoms with van der Waals surface area (Å²) in [4.78, 5) is 22.5. The molecule has 2 atom stereocenters. The smallest absolute Gasteiger partial charge is 0.407 e. The molecule has 30 heavy (non-hydrogen) atoms. The number of hydrogen-bond donors (Lipinski definition) is 2. The third-order valence-corrected chi connectivity index (χ3v) is 5.68. The Hall–Kier alpha value is -2.09. The largest absolute Gasteiger partial charge is 0.465 e. The van der Waals surface area contributed by atoms with Gasteiger partial charge in [0.15, 0.2) is 0 Å². The van der Waals surface area contributed by atoms with Crippen molar-refractivity contribution in [1.29, 1.82) is 0 Å². The lowest BCUT2D eigenvalue weighted by Crippen LogP contribution is -2.35. The Morgan fingerprint density at radius 2 is 1.93 bits per heavy atom. The van der Waals surface area contributed by atoms with Crippen molar-refractivity contribution in [3.8, 4) is 11.3 Å². The Kier molecular flexibility index (Phi) is 7.39. The highest BCUT2D eigenvalue weighted by Gasteiger charge is 2.36. The molecule has 0 spiro atoms. The fourth-order valence-electron chi connectivity index (χ4n) is 3.64. The van der Waals surface area contributed by atoms with Crippen molar-refractivity contribution in [1.82, 2.24) is 14.9 Å². The number of carbonyl (C=O) groups is 1. The molecular formula is C21H26Cl2N4O3. The van der Waals surface area contributed by atoms with Crippen LogP contribution in [0.5, 0.6) is 0 Å². The molecule has 1 aliphatic heterocycles. The molecule has 0 unspecified atom stereocenters. The fraction of sp³-hybridized carbons (Fsp3) is 0.476. The van der Waals surface area contributed by atoms with Gasteiger partial charge in [-0.15, -0.1) is 0 Å². The van der Waals surface area contributed by atoms with Gasteiger partial charge < -0.3 is 20.1 Å². The average molecular weight is 453 g/mol. The third kappa shape index (κ3) is 4.79. The number of ether oxygens (including phenoxy) is 1. The van der Waals surface area contributed by atoms with Crippen LogP contribution >= 0.6 is 23.2 Å². The first-order chi connectivity index (χ1) is 14.4. The molecule has 1 aromatic heterocycles. The number of hydrogen-bond acceptors (Lipinski definition) is 5. The SMILES string of the molecule is CCO[C@@H]1CN(C(=O)O)C[C@@H]1Nc1nc(CC)c(-c2ccc(Cl)cc2Cl)nc1CC. The molecule has 3 rings (SSSR count). The first kappa shape index (κ1) is 22.6. The maximum absolute atomic E-state index is 11.4. The van der Waals surface area contributed by atoms with Gasteiger partial charge in [-0.3, -0.25) is 0 Å². The number of rotatable bonds is 7. The van der Waals surface area contributed by atoms with E-state index in [2.05, 4.69) is 5.32 Å². The standard InChI is InChI=1S/C21H26Cl2N4O3/c1-4-15-19(13-8-7-12(22)9-14(13)23)24-16(5-2)20(25-15)26-17-10-27(21(28)29)11-18(17)30-6-3/h7-9,17-18H,4-6,10-11H2,1-3H3,(H,25,26)(H,28,29)/t17-,18+/m0/s1. The van der Waals surface area contributed by atoms with Crippen LogP contribution in [0.2, 0.25) is 10.0 Å². The number of aromatic nitrogens is 2. The van der Waals surface area contributed by atoms with Crippen LogP contribution in [0.25, 0.3) is 11.3 Å². The summed E-state index contributed by atoms with van der Waals surface area (Å²) in [6.07, 6.45) is 0.133. The topological polar surface area (TPSA) is 87.6 Å². The summed E-state index contributed by atoms with van der Waals surface area (Å²) >= 11 is 12.5. The van der Waals surface area contributed by atoms with Crippen LogP contribution in [0.15, 0.2) is 18.2 Å². The zero-order valence-corrected chi connectivity index (χ0v) is 18.8. The monoisotopic (exact) mass is 452 g/mol. The first-order valence-electron chi connectivity index (χ1n) is 10.1. The van der Waals surface area contributed by atoms with Gasteiger partial charge in [0.2, 0.25) is 0 Å². The van der Waals surface area contributed by atoms with Gasteiger partial charge in [-0.25, -0.2) is 14.8 Å². The fourth-order valence-corrected chi connectivity index (χ4v) is 4.14. The van der Waals surface area contributed by atoms with Crippen molar-refractivity contribution in [3.63, 3.8) is 0 Å². The molecule has 9 heteroatoms. The van der Waals surface area contributed by atoms with Crippen LogP contribution in [0.4, 0.5) is 10.6 Å². The number of likely N-dealkylation sites (tertiary alicyclic amines) is 1. The minimum Gasteiger partial charge on any atom is -0.465 e. The maximum atomic E-state index is 11.4. The Morgan fingerprint density at radius 1 is 1.20 bits per heavy atom. The van der Waals surface area contributed by atoms with Crippen molar-refractivity contribution in [2.45, 2.75) is 45.8 Å². The summed E-state index contributed by atoms with van der Waals surface area (Å²) in [5.74, 6) is 0.658. The quantitative estimate of drug-likeness (QED) is 0.629. The lowest BCUT2D eigenvalue weighted by Gasteiger charge is -2.22. The van der Waals surface area contributed by atoms with Gasteiger partial charge in [0.05, 0.1) is 40.8 Å². The predicted molar refractivity (Wildman–Crippen MR) is 119 cm³/mol. The zero-order chi connectivity index (χ0) is 21.8. The second-order valence-electron chi connectivity index (χ2n) is 7.08. The molecule has 1 aliphatic rings. The number of anilines is 1. The zero-order valence-electron chi connectivity index (χ0n) is 17.3. The second-order valence-corrected chi connectivity index (χ2v) is 7.92. The van der Waals surface area contributed by atoms with E-state index >= 15 is 0 Å². The normalized spacial score (nSPS) is 18.6. The third-order valence-electron chi connectivity index (χ3n) is 5.14. The molecule has 0 bridgehead atoms. The highest BCUT2D eigenvalue weighted by atomic mass is 35.5. The van der Waals surface area contributed by atoms with Gasteiger partial charge >= 0.3 is 6.09 Å². The van der Waals surface area contributed by atoms with E-state index in [-0.39, 0.29) is 12.1 Å². The maximum Gasteiger partial charge on any atom is 0.407 e. The average Bonchev–Trinajstić information content (AvgIpc) is 3.11. The van der Waals surface area contributed by atoms with Crippen molar-refractivity contribution >= 4 is 35.1 Å². The molecule has 162 valence electrons. The van der Waals surface area contributed by atoms with Gasteiger partial charge in [0.1, 0.15) is 5.82 Å². The molecule has 1 saturated heterocycles. The number of nitrogens with one attached hydrogen (secondary N) is 1. The molecule has 7 nitrogen and oxygen atoms in total. The van der Waals surface area contributed by atoms with E-state index in [4.69, 9.17) is 37.9 Å². The highest BCUT2D eigenvalue weighted by Crippen LogP contribution is 2.33. The molecular weight excluding hydrogens is 427 g/mol. The molecule has 1 aromatic carbocycles.